The van der Waals surface area contributed by atoms with Crippen molar-refractivity contribution in [3.8, 4) is 0 Å². The molecule has 0 bridgehead atoms. The van der Waals surface area contributed by atoms with Crippen LogP contribution in [0.2, 0.25) is 0 Å². The number of pyridine rings is 1. The molecular weight excluding hydrogens is 390 g/mol. The summed E-state index contributed by atoms with van der Waals surface area (Å²) >= 11 is 0. The highest BCUT2D eigenvalue weighted by Gasteiger charge is 2.44. The summed E-state index contributed by atoms with van der Waals surface area (Å²) in [7, 11) is 3.87. The fraction of sp³-hybridized carbons (Fsp3) is 0.458. The molecule has 7 heteroatoms. The lowest BCUT2D eigenvalue weighted by atomic mass is 9.73. The van der Waals surface area contributed by atoms with Gasteiger partial charge in [0.05, 0.1) is 11.5 Å². The minimum absolute atomic E-state index is 0.0950. The molecule has 2 aromatic rings. The molecule has 2 amide bonds. The fourth-order valence-corrected chi connectivity index (χ4v) is 4.47. The first-order chi connectivity index (χ1) is 14.9. The van der Waals surface area contributed by atoms with Crippen molar-refractivity contribution < 1.29 is 9.59 Å². The summed E-state index contributed by atoms with van der Waals surface area (Å²) in [6, 6.07) is 11.5. The van der Waals surface area contributed by atoms with Gasteiger partial charge in [0.1, 0.15) is 0 Å². The Morgan fingerprint density at radius 1 is 1.23 bits per heavy atom. The van der Waals surface area contributed by atoms with E-state index in [0.29, 0.717) is 25.6 Å². The molecule has 2 atom stereocenters. The number of carbonyl (C=O) groups excluding carboxylic acids is 2. The zero-order valence-corrected chi connectivity index (χ0v) is 18.5. The van der Waals surface area contributed by atoms with Gasteiger partial charge in [0.15, 0.2) is 5.78 Å². The number of likely N-dealkylation sites (tertiary alicyclic amines) is 1. The van der Waals surface area contributed by atoms with Crippen LogP contribution >= 0.6 is 0 Å². The van der Waals surface area contributed by atoms with Crippen LogP contribution in [0.3, 0.4) is 0 Å². The second-order valence-electron chi connectivity index (χ2n) is 8.91. The average molecular weight is 422 g/mol. The van der Waals surface area contributed by atoms with E-state index in [-0.39, 0.29) is 17.9 Å². The molecule has 31 heavy (non-hydrogen) atoms. The first kappa shape index (κ1) is 21.5. The van der Waals surface area contributed by atoms with Crippen molar-refractivity contribution in [1.82, 2.24) is 20.1 Å². The van der Waals surface area contributed by atoms with Crippen molar-refractivity contribution in [2.75, 3.05) is 45.6 Å². The van der Waals surface area contributed by atoms with Crippen molar-refractivity contribution in [1.29, 1.82) is 0 Å². The predicted molar refractivity (Wildman–Crippen MR) is 121 cm³/mol. The van der Waals surface area contributed by atoms with E-state index in [9.17, 15) is 9.59 Å². The van der Waals surface area contributed by atoms with Gasteiger partial charge >= 0.3 is 6.03 Å². The second-order valence-corrected chi connectivity index (χ2v) is 8.91. The number of benzene rings is 1. The van der Waals surface area contributed by atoms with Gasteiger partial charge in [0.25, 0.3) is 0 Å². The van der Waals surface area contributed by atoms with Crippen LogP contribution in [-0.4, -0.2) is 72.9 Å². The zero-order valence-electron chi connectivity index (χ0n) is 18.5. The molecule has 7 nitrogen and oxygen atoms in total. The molecule has 2 aliphatic heterocycles. The molecule has 1 aromatic heterocycles. The maximum Gasteiger partial charge on any atom is 0.321 e. The number of rotatable bonds is 6. The van der Waals surface area contributed by atoms with Gasteiger partial charge in [-0.3, -0.25) is 14.7 Å². The first-order valence-corrected chi connectivity index (χ1v) is 10.9. The number of ketones is 1. The van der Waals surface area contributed by atoms with Gasteiger partial charge in [0.2, 0.25) is 0 Å². The number of hydrogen-bond acceptors (Lipinski definition) is 5. The Hall–Kier alpha value is -2.77. The van der Waals surface area contributed by atoms with Gasteiger partial charge in [-0.2, -0.15) is 0 Å². The Kier molecular flexibility index (Phi) is 6.07. The molecule has 0 saturated carbocycles. The average Bonchev–Trinajstić information content (AvgIpc) is 3.24. The number of anilines is 1. The molecular formula is C24H31N5O2. The zero-order chi connectivity index (χ0) is 22.0. The molecule has 1 unspecified atom stereocenters. The Bertz CT molecular complexity index is 917. The van der Waals surface area contributed by atoms with E-state index in [1.807, 2.05) is 62.4 Å². The van der Waals surface area contributed by atoms with Gasteiger partial charge in [-0.15, -0.1) is 0 Å². The summed E-state index contributed by atoms with van der Waals surface area (Å²) in [6.45, 7) is 4.84. The number of Topliss-reactive ketones (excluding diaryl/α,β-unsaturated/α-hetero) is 1. The number of hydrogen-bond donors (Lipinski definition) is 2. The maximum absolute atomic E-state index is 13.3. The molecule has 0 aliphatic carbocycles. The van der Waals surface area contributed by atoms with Crippen molar-refractivity contribution in [2.24, 2.45) is 0 Å². The fourth-order valence-electron chi connectivity index (χ4n) is 4.47. The van der Waals surface area contributed by atoms with Crippen molar-refractivity contribution in [2.45, 2.75) is 30.7 Å². The van der Waals surface area contributed by atoms with E-state index in [2.05, 4.69) is 21.7 Å². The van der Waals surface area contributed by atoms with Gasteiger partial charge in [-0.25, -0.2) is 4.79 Å². The number of aromatic nitrogens is 1. The molecule has 2 aliphatic rings. The van der Waals surface area contributed by atoms with Crippen LogP contribution in [0.1, 0.15) is 30.4 Å². The number of nitrogens with zero attached hydrogens (tertiary/aromatic N) is 3. The lowest BCUT2D eigenvalue weighted by molar-refractivity contribution is -0.128. The quantitative estimate of drug-likeness (QED) is 0.749. The molecule has 2 saturated heterocycles. The van der Waals surface area contributed by atoms with E-state index >= 15 is 0 Å². The molecule has 4 rings (SSSR count). The van der Waals surface area contributed by atoms with Crippen molar-refractivity contribution in [3.63, 3.8) is 0 Å². The van der Waals surface area contributed by atoms with Crippen LogP contribution < -0.4 is 10.6 Å². The summed E-state index contributed by atoms with van der Waals surface area (Å²) in [6.07, 6.45) is 4.42. The molecule has 1 aromatic carbocycles. The summed E-state index contributed by atoms with van der Waals surface area (Å²) in [5, 5.41) is 6.34. The smallest absolute Gasteiger partial charge is 0.321 e. The van der Waals surface area contributed by atoms with Gasteiger partial charge in [-0.05, 0) is 63.3 Å². The van der Waals surface area contributed by atoms with E-state index in [1.54, 1.807) is 11.1 Å². The Morgan fingerprint density at radius 3 is 2.55 bits per heavy atom. The number of urea groups is 1. The predicted octanol–water partition coefficient (Wildman–Crippen LogP) is 2.46. The third-order valence-electron chi connectivity index (χ3n) is 6.79. The van der Waals surface area contributed by atoms with Gasteiger partial charge in [-0.1, -0.05) is 18.2 Å². The normalized spacial score (nSPS) is 22.3. The molecule has 0 spiro atoms. The topological polar surface area (TPSA) is 77.6 Å². The largest absolute Gasteiger partial charge is 0.323 e. The lowest BCUT2D eigenvalue weighted by Gasteiger charge is -2.39. The Balaban J connectivity index is 1.40. The van der Waals surface area contributed by atoms with Crippen LogP contribution in [0.4, 0.5) is 10.5 Å². The summed E-state index contributed by atoms with van der Waals surface area (Å²) in [4.78, 5) is 33.8. The van der Waals surface area contributed by atoms with E-state index in [4.69, 9.17) is 0 Å². The maximum atomic E-state index is 13.3. The lowest BCUT2D eigenvalue weighted by Crippen LogP contribution is -2.50. The third kappa shape index (κ3) is 4.20. The van der Waals surface area contributed by atoms with Crippen LogP contribution in [0.15, 0.2) is 48.8 Å². The highest BCUT2D eigenvalue weighted by atomic mass is 16.2. The highest BCUT2D eigenvalue weighted by Crippen LogP contribution is 2.34. The van der Waals surface area contributed by atoms with Gasteiger partial charge < -0.3 is 15.5 Å². The second kappa shape index (κ2) is 8.77. The van der Waals surface area contributed by atoms with Crippen LogP contribution in [-0.2, 0) is 10.2 Å². The van der Waals surface area contributed by atoms with E-state index < -0.39 is 5.41 Å². The molecule has 2 N–H and O–H groups in total. The minimum Gasteiger partial charge on any atom is -0.323 e. The number of carbonyl (C=O) groups is 2. The molecule has 0 radical (unpaired) electrons. The summed E-state index contributed by atoms with van der Waals surface area (Å²) in [5.41, 5.74) is 2.41. The first-order valence-electron chi connectivity index (χ1n) is 10.9. The Morgan fingerprint density at radius 2 is 1.97 bits per heavy atom. The third-order valence-corrected chi connectivity index (χ3v) is 6.79. The van der Waals surface area contributed by atoms with E-state index in [0.717, 1.165) is 24.2 Å². The Labute approximate surface area is 183 Å². The van der Waals surface area contributed by atoms with Crippen molar-refractivity contribution >= 4 is 17.5 Å². The summed E-state index contributed by atoms with van der Waals surface area (Å²) in [5.74, 6) is 0.586. The van der Waals surface area contributed by atoms with Crippen molar-refractivity contribution in [3.05, 3.63) is 59.9 Å². The molecule has 2 fully saturated rings. The number of amides is 2. The standard InChI is InChI=1S/C24H31N5O2/c1-17(28(2)3)22(30)24(10-12-26-16-24)20-6-8-21(9-7-20)27-23(31)29-14-19(15-29)18-5-4-11-25-13-18/h4-9,11,13,17,19,26H,10,12,14-16H2,1-3H3,(H,27,31)/t17-,24?/m0/s1. The summed E-state index contributed by atoms with van der Waals surface area (Å²) < 4.78 is 0. The van der Waals surface area contributed by atoms with Crippen LogP contribution in [0, 0.1) is 0 Å². The van der Waals surface area contributed by atoms with Gasteiger partial charge in [0, 0.05) is 43.6 Å². The SMILES string of the molecule is C[C@@H](C(=O)C1(c2ccc(NC(=O)N3CC(c4cccnc4)C3)cc2)CCNC1)N(C)C. The highest BCUT2D eigenvalue weighted by molar-refractivity contribution is 5.95. The molecule has 164 valence electrons. The number of likely N-dealkylation sites (N-methyl/N-ethyl adjacent to an activating group) is 1. The molecule has 3 heterocycles. The van der Waals surface area contributed by atoms with Crippen LogP contribution in [0.5, 0.6) is 0 Å². The minimum atomic E-state index is -0.513. The monoisotopic (exact) mass is 421 g/mol. The van der Waals surface area contributed by atoms with E-state index in [1.165, 1.54) is 5.56 Å². The van der Waals surface area contributed by atoms with Crippen LogP contribution in [0.25, 0.3) is 0 Å². The number of nitrogens with one attached hydrogen (secondary N) is 2.